The Morgan fingerprint density at radius 3 is 2.82 bits per heavy atom. The first-order valence-corrected chi connectivity index (χ1v) is 8.38. The molecule has 0 saturated carbocycles. The Balaban J connectivity index is 2.90. The molecule has 2 N–H and O–H groups in total. The van der Waals surface area contributed by atoms with Crippen molar-refractivity contribution in [2.45, 2.75) is 13.8 Å². The molecule has 0 spiro atoms. The van der Waals surface area contributed by atoms with E-state index in [1.165, 1.54) is 0 Å². The second-order valence-electron chi connectivity index (χ2n) is 4.09. The molecule has 0 aliphatic rings. The lowest BCUT2D eigenvalue weighted by Crippen LogP contribution is -2.31. The summed E-state index contributed by atoms with van der Waals surface area (Å²) >= 11 is 7.25. The summed E-state index contributed by atoms with van der Waals surface area (Å²) < 4.78 is 12.2. The predicted octanol–water partition coefficient (Wildman–Crippen LogP) is 3.07. The van der Waals surface area contributed by atoms with Crippen molar-refractivity contribution in [1.29, 1.82) is 0 Å². The van der Waals surface area contributed by atoms with Gasteiger partial charge in [-0.1, -0.05) is 12.7 Å². The molecular formula is C15H20IN3O2S. The summed E-state index contributed by atoms with van der Waals surface area (Å²) in [5.41, 5.74) is 3.65. The van der Waals surface area contributed by atoms with E-state index in [1.807, 2.05) is 26.0 Å². The van der Waals surface area contributed by atoms with Crippen molar-refractivity contribution in [2.75, 3.05) is 19.8 Å². The minimum absolute atomic E-state index is 0.433. The topological polar surface area (TPSA) is 54.9 Å². The molecule has 0 amide bonds. The van der Waals surface area contributed by atoms with Crippen LogP contribution in [0.5, 0.6) is 11.5 Å². The van der Waals surface area contributed by atoms with E-state index in [0.29, 0.717) is 24.1 Å². The van der Waals surface area contributed by atoms with E-state index in [9.17, 15) is 0 Å². The molecule has 5 nitrogen and oxygen atoms in total. The molecule has 0 heterocycles. The lowest BCUT2D eigenvalue weighted by Gasteiger charge is -2.13. The summed E-state index contributed by atoms with van der Waals surface area (Å²) in [7, 11) is 0. The van der Waals surface area contributed by atoms with Crippen LogP contribution in [-0.4, -0.2) is 31.1 Å². The first kappa shape index (κ1) is 18.7. The summed E-state index contributed by atoms with van der Waals surface area (Å²) in [6.45, 7) is 9.30. The van der Waals surface area contributed by atoms with Gasteiger partial charge in [0, 0.05) is 6.54 Å². The summed E-state index contributed by atoms with van der Waals surface area (Å²) in [6.07, 6.45) is 3.39. The van der Waals surface area contributed by atoms with Crippen LogP contribution in [0.4, 0.5) is 0 Å². The van der Waals surface area contributed by atoms with Crippen molar-refractivity contribution >= 4 is 46.1 Å². The van der Waals surface area contributed by atoms with Crippen LogP contribution in [0.1, 0.15) is 19.4 Å². The third-order valence-electron chi connectivity index (χ3n) is 2.39. The van der Waals surface area contributed by atoms with Crippen molar-refractivity contribution in [3.05, 3.63) is 33.9 Å². The Morgan fingerprint density at radius 2 is 2.18 bits per heavy atom. The highest BCUT2D eigenvalue weighted by Gasteiger charge is 2.11. The van der Waals surface area contributed by atoms with E-state index < -0.39 is 0 Å². The molecule has 0 fully saturated rings. The highest BCUT2D eigenvalue weighted by Crippen LogP contribution is 2.33. The quantitative estimate of drug-likeness (QED) is 0.217. The second-order valence-corrected chi connectivity index (χ2v) is 5.66. The van der Waals surface area contributed by atoms with Crippen LogP contribution in [0, 0.1) is 3.57 Å². The summed E-state index contributed by atoms with van der Waals surface area (Å²) in [5, 5.41) is 7.55. The molecule has 1 aromatic carbocycles. The van der Waals surface area contributed by atoms with Crippen LogP contribution >= 0.6 is 34.8 Å². The van der Waals surface area contributed by atoms with Gasteiger partial charge in [-0.25, -0.2) is 0 Å². The molecule has 0 aliphatic heterocycles. The molecule has 1 rings (SSSR count). The molecule has 0 aromatic heterocycles. The zero-order valence-electron chi connectivity index (χ0n) is 12.7. The lowest BCUT2D eigenvalue weighted by molar-refractivity contribution is 0.295. The molecule has 22 heavy (non-hydrogen) atoms. The normalized spacial score (nSPS) is 10.3. The number of benzene rings is 1. The van der Waals surface area contributed by atoms with Crippen LogP contribution < -0.4 is 20.2 Å². The van der Waals surface area contributed by atoms with E-state index in [0.717, 1.165) is 21.4 Å². The van der Waals surface area contributed by atoms with E-state index in [2.05, 4.69) is 45.0 Å². The van der Waals surface area contributed by atoms with Crippen molar-refractivity contribution in [2.24, 2.45) is 5.10 Å². The summed E-state index contributed by atoms with van der Waals surface area (Å²) in [6, 6.07) is 3.84. The van der Waals surface area contributed by atoms with E-state index in [4.69, 9.17) is 21.7 Å². The zero-order valence-corrected chi connectivity index (χ0v) is 15.7. The maximum atomic E-state index is 5.66. The summed E-state index contributed by atoms with van der Waals surface area (Å²) in [5.74, 6) is 1.41. The molecule has 0 radical (unpaired) electrons. The van der Waals surface area contributed by atoms with E-state index in [1.54, 1.807) is 12.3 Å². The molecule has 1 aromatic rings. The van der Waals surface area contributed by atoms with Gasteiger partial charge in [0.1, 0.15) is 6.61 Å². The average Bonchev–Trinajstić information content (AvgIpc) is 2.47. The molecular weight excluding hydrogens is 413 g/mol. The van der Waals surface area contributed by atoms with Gasteiger partial charge < -0.3 is 14.8 Å². The molecule has 120 valence electrons. The number of hydrogen-bond donors (Lipinski definition) is 2. The minimum Gasteiger partial charge on any atom is -0.490 e. The van der Waals surface area contributed by atoms with Crippen molar-refractivity contribution in [3.63, 3.8) is 0 Å². The molecule has 0 aliphatic carbocycles. The largest absolute Gasteiger partial charge is 0.490 e. The number of hydrogen-bond acceptors (Lipinski definition) is 4. The fourth-order valence-electron chi connectivity index (χ4n) is 1.57. The SMILES string of the molecule is C=CCOc1c(I)cc(/C=N\NC(=S)NCC)cc1OCC. The predicted molar refractivity (Wildman–Crippen MR) is 103 cm³/mol. The highest BCUT2D eigenvalue weighted by molar-refractivity contribution is 14.1. The lowest BCUT2D eigenvalue weighted by atomic mass is 10.2. The first-order valence-electron chi connectivity index (χ1n) is 6.89. The maximum Gasteiger partial charge on any atom is 0.186 e. The van der Waals surface area contributed by atoms with Crippen LogP contribution in [0.25, 0.3) is 0 Å². The van der Waals surface area contributed by atoms with Crippen LogP contribution in [-0.2, 0) is 0 Å². The standard InChI is InChI=1S/C15H20IN3O2S/c1-4-7-21-14-12(16)8-11(9-13(14)20-6-3)10-18-19-15(22)17-5-2/h4,8-10H,1,5-7H2,2-3H3,(H2,17,19,22)/b18-10-. The molecule has 0 bridgehead atoms. The van der Waals surface area contributed by atoms with Crippen molar-refractivity contribution in [3.8, 4) is 11.5 Å². The molecule has 7 heteroatoms. The second kappa shape index (κ2) is 10.4. The van der Waals surface area contributed by atoms with Crippen molar-refractivity contribution in [1.82, 2.24) is 10.7 Å². The van der Waals surface area contributed by atoms with Gasteiger partial charge in [0.2, 0.25) is 0 Å². The van der Waals surface area contributed by atoms with E-state index >= 15 is 0 Å². The van der Waals surface area contributed by atoms with Gasteiger partial charge in [0.05, 0.1) is 16.4 Å². The Labute approximate surface area is 150 Å². The van der Waals surface area contributed by atoms with Crippen LogP contribution in [0.3, 0.4) is 0 Å². The van der Waals surface area contributed by atoms with Gasteiger partial charge in [0.25, 0.3) is 0 Å². The van der Waals surface area contributed by atoms with Crippen LogP contribution in [0.15, 0.2) is 29.9 Å². The number of ether oxygens (including phenoxy) is 2. The van der Waals surface area contributed by atoms with Gasteiger partial charge in [-0.05, 0) is 66.4 Å². The number of nitrogens with one attached hydrogen (secondary N) is 2. The Bertz CT molecular complexity index is 550. The van der Waals surface area contributed by atoms with Gasteiger partial charge >= 0.3 is 0 Å². The zero-order chi connectivity index (χ0) is 16.4. The summed E-state index contributed by atoms with van der Waals surface area (Å²) in [4.78, 5) is 0. The number of thiocarbonyl (C=S) groups is 1. The maximum absolute atomic E-state index is 5.66. The monoisotopic (exact) mass is 433 g/mol. The Kier molecular flexibility index (Phi) is 8.83. The number of hydrazone groups is 1. The average molecular weight is 433 g/mol. The van der Waals surface area contributed by atoms with Crippen LogP contribution in [0.2, 0.25) is 0 Å². The van der Waals surface area contributed by atoms with Gasteiger partial charge in [-0.3, -0.25) is 5.43 Å². The Morgan fingerprint density at radius 1 is 1.41 bits per heavy atom. The molecule has 0 unspecified atom stereocenters. The number of rotatable bonds is 8. The third-order valence-corrected chi connectivity index (χ3v) is 3.43. The fourth-order valence-corrected chi connectivity index (χ4v) is 2.55. The van der Waals surface area contributed by atoms with Gasteiger partial charge in [-0.2, -0.15) is 5.10 Å². The minimum atomic E-state index is 0.433. The van der Waals surface area contributed by atoms with Gasteiger partial charge in [0.15, 0.2) is 16.6 Å². The highest BCUT2D eigenvalue weighted by atomic mass is 127. The first-order chi connectivity index (χ1) is 10.6. The van der Waals surface area contributed by atoms with Gasteiger partial charge in [-0.15, -0.1) is 0 Å². The molecule has 0 atom stereocenters. The smallest absolute Gasteiger partial charge is 0.186 e. The Hall–Kier alpha value is -1.35. The fraction of sp³-hybridized carbons (Fsp3) is 0.333. The van der Waals surface area contributed by atoms with E-state index in [-0.39, 0.29) is 0 Å². The number of nitrogens with zero attached hydrogens (tertiary/aromatic N) is 1. The third kappa shape index (κ3) is 6.18. The molecule has 0 saturated heterocycles. The van der Waals surface area contributed by atoms with Crippen molar-refractivity contribution < 1.29 is 9.47 Å². The number of halogens is 1.